The van der Waals surface area contributed by atoms with Crippen LogP contribution < -0.4 is 10.5 Å². The lowest BCUT2D eigenvalue weighted by atomic mass is 9.87. The van der Waals surface area contributed by atoms with E-state index in [1.807, 2.05) is 25.2 Å². The first-order valence-electron chi connectivity index (χ1n) is 6.88. The Hall–Kier alpha value is -1.97. The van der Waals surface area contributed by atoms with E-state index >= 15 is 0 Å². The zero-order valence-electron chi connectivity index (χ0n) is 12.7. The lowest BCUT2D eigenvalue weighted by Crippen LogP contribution is -2.10. The van der Waals surface area contributed by atoms with Gasteiger partial charge in [-0.15, -0.1) is 0 Å². The summed E-state index contributed by atoms with van der Waals surface area (Å²) >= 11 is 0. The minimum Gasteiger partial charge on any atom is -0.493 e. The van der Waals surface area contributed by atoms with Gasteiger partial charge in [0.15, 0.2) is 0 Å². The minimum atomic E-state index is 0.171. The van der Waals surface area contributed by atoms with Crippen LogP contribution in [-0.4, -0.2) is 16.4 Å². The third-order valence-corrected chi connectivity index (χ3v) is 3.31. The van der Waals surface area contributed by atoms with Crippen molar-refractivity contribution >= 4 is 5.82 Å². The summed E-state index contributed by atoms with van der Waals surface area (Å²) in [6, 6.07) is 10.2. The summed E-state index contributed by atoms with van der Waals surface area (Å²) in [4.78, 5) is 0. The summed E-state index contributed by atoms with van der Waals surface area (Å²) < 4.78 is 7.41. The first-order chi connectivity index (χ1) is 9.36. The number of anilines is 1. The zero-order valence-corrected chi connectivity index (χ0v) is 12.7. The molecule has 0 spiro atoms. The number of rotatable bonds is 4. The molecule has 4 nitrogen and oxygen atoms in total. The molecular formula is C16H23N3O. The van der Waals surface area contributed by atoms with E-state index in [2.05, 4.69) is 38.0 Å². The monoisotopic (exact) mass is 273 g/mol. The number of ether oxygens (including phenoxy) is 1. The molecule has 1 aromatic carbocycles. The van der Waals surface area contributed by atoms with Crippen molar-refractivity contribution in [3.05, 3.63) is 41.6 Å². The summed E-state index contributed by atoms with van der Waals surface area (Å²) in [7, 11) is 1.84. The van der Waals surface area contributed by atoms with E-state index in [-0.39, 0.29) is 5.41 Å². The normalized spacial score (nSPS) is 11.6. The van der Waals surface area contributed by atoms with Crippen LogP contribution >= 0.6 is 0 Å². The molecule has 1 aromatic heterocycles. The zero-order chi connectivity index (χ0) is 14.8. The highest BCUT2D eigenvalue weighted by atomic mass is 16.5. The van der Waals surface area contributed by atoms with Gasteiger partial charge in [0, 0.05) is 19.5 Å². The van der Waals surface area contributed by atoms with Crippen molar-refractivity contribution in [1.29, 1.82) is 0 Å². The molecule has 1 heterocycles. The molecule has 0 bridgehead atoms. The van der Waals surface area contributed by atoms with Gasteiger partial charge in [0.05, 0.1) is 12.3 Å². The molecule has 0 aliphatic heterocycles. The number of nitrogens with two attached hydrogens (primary N) is 1. The molecule has 0 saturated heterocycles. The molecule has 0 unspecified atom stereocenters. The number of hydrogen-bond donors (Lipinski definition) is 1. The lowest BCUT2D eigenvalue weighted by molar-refractivity contribution is 0.320. The Morgan fingerprint density at radius 3 is 2.35 bits per heavy atom. The Bertz CT molecular complexity index is 545. The van der Waals surface area contributed by atoms with Gasteiger partial charge < -0.3 is 10.5 Å². The van der Waals surface area contributed by atoms with Crippen molar-refractivity contribution in [2.45, 2.75) is 32.6 Å². The van der Waals surface area contributed by atoms with Crippen molar-refractivity contribution in [3.63, 3.8) is 0 Å². The van der Waals surface area contributed by atoms with Crippen LogP contribution in [0.4, 0.5) is 5.82 Å². The van der Waals surface area contributed by atoms with Crippen LogP contribution in [0.1, 0.15) is 32.0 Å². The summed E-state index contributed by atoms with van der Waals surface area (Å²) in [5.74, 6) is 1.57. The molecule has 4 heteroatoms. The molecule has 0 saturated carbocycles. The van der Waals surface area contributed by atoms with E-state index in [9.17, 15) is 0 Å². The number of aromatic nitrogens is 2. The molecule has 20 heavy (non-hydrogen) atoms. The van der Waals surface area contributed by atoms with Gasteiger partial charge in [-0.25, -0.2) is 0 Å². The lowest BCUT2D eigenvalue weighted by Gasteiger charge is -2.19. The molecule has 0 fully saturated rings. The van der Waals surface area contributed by atoms with E-state index in [0.717, 1.165) is 17.9 Å². The van der Waals surface area contributed by atoms with Gasteiger partial charge >= 0.3 is 0 Å². The summed E-state index contributed by atoms with van der Waals surface area (Å²) in [5.41, 5.74) is 8.17. The van der Waals surface area contributed by atoms with Crippen LogP contribution in [0, 0.1) is 0 Å². The highest BCUT2D eigenvalue weighted by molar-refractivity contribution is 5.32. The first-order valence-corrected chi connectivity index (χ1v) is 6.88. The van der Waals surface area contributed by atoms with Crippen LogP contribution in [0.25, 0.3) is 0 Å². The van der Waals surface area contributed by atoms with Crippen molar-refractivity contribution < 1.29 is 4.74 Å². The average molecular weight is 273 g/mol. The minimum absolute atomic E-state index is 0.171. The van der Waals surface area contributed by atoms with Crippen molar-refractivity contribution in [2.75, 3.05) is 12.3 Å². The van der Waals surface area contributed by atoms with Gasteiger partial charge in [0.2, 0.25) is 0 Å². The number of benzene rings is 1. The summed E-state index contributed by atoms with van der Waals surface area (Å²) in [5, 5.41) is 4.30. The summed E-state index contributed by atoms with van der Waals surface area (Å²) in [6.45, 7) is 7.21. The van der Waals surface area contributed by atoms with Crippen LogP contribution in [0.3, 0.4) is 0 Å². The Labute approximate surface area is 120 Å². The predicted octanol–water partition coefficient (Wildman–Crippen LogP) is 2.92. The molecular weight excluding hydrogens is 250 g/mol. The van der Waals surface area contributed by atoms with Gasteiger partial charge in [-0.3, -0.25) is 4.68 Å². The third kappa shape index (κ3) is 3.53. The van der Waals surface area contributed by atoms with Gasteiger partial charge in [-0.2, -0.15) is 5.10 Å². The maximum atomic E-state index is 5.74. The second-order valence-electron chi connectivity index (χ2n) is 6.06. The SMILES string of the molecule is Cn1nc(CCOc2ccc(C(C)(C)C)cc2)cc1N. The Balaban J connectivity index is 1.88. The maximum Gasteiger partial charge on any atom is 0.121 e. The van der Waals surface area contributed by atoms with E-state index in [1.165, 1.54) is 5.56 Å². The molecule has 2 aromatic rings. The third-order valence-electron chi connectivity index (χ3n) is 3.31. The Morgan fingerprint density at radius 2 is 1.85 bits per heavy atom. The second kappa shape index (κ2) is 5.57. The van der Waals surface area contributed by atoms with Crippen LogP contribution in [-0.2, 0) is 18.9 Å². The number of nitrogen functional groups attached to an aromatic ring is 1. The molecule has 0 aliphatic carbocycles. The fourth-order valence-corrected chi connectivity index (χ4v) is 1.99. The molecule has 2 rings (SSSR count). The number of aryl methyl sites for hydroxylation is 1. The smallest absolute Gasteiger partial charge is 0.121 e. The topological polar surface area (TPSA) is 53.1 Å². The highest BCUT2D eigenvalue weighted by Gasteiger charge is 2.12. The van der Waals surface area contributed by atoms with E-state index < -0.39 is 0 Å². The molecule has 0 aliphatic rings. The van der Waals surface area contributed by atoms with Crippen molar-refractivity contribution in [2.24, 2.45) is 7.05 Å². The van der Waals surface area contributed by atoms with Crippen molar-refractivity contribution in [1.82, 2.24) is 9.78 Å². The Morgan fingerprint density at radius 1 is 1.20 bits per heavy atom. The maximum absolute atomic E-state index is 5.74. The quantitative estimate of drug-likeness (QED) is 0.932. The van der Waals surface area contributed by atoms with Crippen LogP contribution in [0.5, 0.6) is 5.75 Å². The predicted molar refractivity (Wildman–Crippen MR) is 82.0 cm³/mol. The fourth-order valence-electron chi connectivity index (χ4n) is 1.99. The van der Waals surface area contributed by atoms with Gasteiger partial charge in [0.25, 0.3) is 0 Å². The van der Waals surface area contributed by atoms with Crippen LogP contribution in [0.15, 0.2) is 30.3 Å². The average Bonchev–Trinajstić information content (AvgIpc) is 2.68. The molecule has 2 N–H and O–H groups in total. The van der Waals surface area contributed by atoms with Gasteiger partial charge in [0.1, 0.15) is 11.6 Å². The standard InChI is InChI=1S/C16H23N3O/c1-16(2,3)12-5-7-14(8-6-12)20-10-9-13-11-15(17)19(4)18-13/h5-8,11H,9-10,17H2,1-4H3. The molecule has 0 radical (unpaired) electrons. The molecule has 0 atom stereocenters. The van der Waals surface area contributed by atoms with Crippen molar-refractivity contribution in [3.8, 4) is 5.75 Å². The Kier molecular flexibility index (Phi) is 4.02. The van der Waals surface area contributed by atoms with Gasteiger partial charge in [-0.05, 0) is 23.1 Å². The molecule has 0 amide bonds. The van der Waals surface area contributed by atoms with Crippen LogP contribution in [0.2, 0.25) is 0 Å². The van der Waals surface area contributed by atoms with E-state index in [4.69, 9.17) is 10.5 Å². The van der Waals surface area contributed by atoms with Gasteiger partial charge in [-0.1, -0.05) is 32.9 Å². The van der Waals surface area contributed by atoms with E-state index in [1.54, 1.807) is 4.68 Å². The molecule has 108 valence electrons. The first kappa shape index (κ1) is 14.4. The highest BCUT2D eigenvalue weighted by Crippen LogP contribution is 2.24. The number of nitrogens with zero attached hydrogens (tertiary/aromatic N) is 2. The number of hydrogen-bond acceptors (Lipinski definition) is 3. The van der Waals surface area contributed by atoms with E-state index in [0.29, 0.717) is 12.4 Å². The second-order valence-corrected chi connectivity index (χ2v) is 6.06. The largest absolute Gasteiger partial charge is 0.493 e. The fraction of sp³-hybridized carbons (Fsp3) is 0.438. The summed E-state index contributed by atoms with van der Waals surface area (Å²) in [6.07, 6.45) is 0.756.